The van der Waals surface area contributed by atoms with Gasteiger partial charge in [-0.2, -0.15) is 0 Å². The van der Waals surface area contributed by atoms with E-state index < -0.39 is 0 Å². The summed E-state index contributed by atoms with van der Waals surface area (Å²) in [6.07, 6.45) is 0.315. The molecular weight excluding hydrogens is 220 g/mol. The predicted octanol–water partition coefficient (Wildman–Crippen LogP) is 1.64. The van der Waals surface area contributed by atoms with Gasteiger partial charge in [0, 0.05) is 30.1 Å². The maximum atomic E-state index is 10.9. The number of nitrogen functional groups attached to an aromatic ring is 1. The highest BCUT2D eigenvalue weighted by atomic mass is 16.5. The molecule has 0 unspecified atom stereocenters. The van der Waals surface area contributed by atoms with E-state index >= 15 is 0 Å². The Kier molecular flexibility index (Phi) is 5.13. The standard InChI is InChI=1S/C12H18N2O3/c1-3-17-11-7-9(13)6-10(8-11)14-5-4-12(15)16-2/h6-8,14H,3-5,13H2,1-2H3. The number of esters is 1. The minimum atomic E-state index is -0.244. The number of rotatable bonds is 6. The summed E-state index contributed by atoms with van der Waals surface area (Å²) < 4.78 is 9.91. The van der Waals surface area contributed by atoms with Gasteiger partial charge in [0.15, 0.2) is 0 Å². The molecule has 94 valence electrons. The summed E-state index contributed by atoms with van der Waals surface area (Å²) in [7, 11) is 1.37. The summed E-state index contributed by atoms with van der Waals surface area (Å²) in [4.78, 5) is 10.9. The summed E-state index contributed by atoms with van der Waals surface area (Å²) in [5.41, 5.74) is 7.19. The first-order valence-corrected chi connectivity index (χ1v) is 5.49. The third-order valence-electron chi connectivity index (χ3n) is 2.13. The first-order valence-electron chi connectivity index (χ1n) is 5.49. The molecule has 0 aliphatic rings. The Morgan fingerprint density at radius 2 is 2.18 bits per heavy atom. The Morgan fingerprint density at radius 3 is 2.82 bits per heavy atom. The van der Waals surface area contributed by atoms with Gasteiger partial charge in [-0.15, -0.1) is 0 Å². The average molecular weight is 238 g/mol. The van der Waals surface area contributed by atoms with Crippen molar-refractivity contribution in [3.63, 3.8) is 0 Å². The van der Waals surface area contributed by atoms with Crippen LogP contribution in [0, 0.1) is 0 Å². The van der Waals surface area contributed by atoms with Crippen molar-refractivity contribution in [2.45, 2.75) is 13.3 Å². The molecule has 0 spiro atoms. The van der Waals surface area contributed by atoms with Gasteiger partial charge in [0.2, 0.25) is 0 Å². The second-order valence-corrected chi connectivity index (χ2v) is 3.48. The highest BCUT2D eigenvalue weighted by Crippen LogP contribution is 2.22. The van der Waals surface area contributed by atoms with Crippen LogP contribution in [0.1, 0.15) is 13.3 Å². The van der Waals surface area contributed by atoms with Crippen LogP contribution in [0.3, 0.4) is 0 Å². The molecule has 5 heteroatoms. The van der Waals surface area contributed by atoms with E-state index in [0.717, 1.165) is 5.69 Å². The highest BCUT2D eigenvalue weighted by molar-refractivity contribution is 5.70. The fourth-order valence-corrected chi connectivity index (χ4v) is 1.39. The Hall–Kier alpha value is -1.91. The van der Waals surface area contributed by atoms with Crippen LogP contribution < -0.4 is 15.8 Å². The van der Waals surface area contributed by atoms with Gasteiger partial charge in [-0.05, 0) is 13.0 Å². The monoisotopic (exact) mass is 238 g/mol. The number of nitrogens with two attached hydrogens (primary N) is 1. The molecule has 17 heavy (non-hydrogen) atoms. The molecule has 0 aliphatic heterocycles. The molecule has 5 nitrogen and oxygen atoms in total. The number of carbonyl (C=O) groups excluding carboxylic acids is 1. The number of anilines is 2. The molecule has 0 heterocycles. The molecular formula is C12H18N2O3. The Bertz CT molecular complexity index is 380. The van der Waals surface area contributed by atoms with E-state index in [4.69, 9.17) is 10.5 Å². The lowest BCUT2D eigenvalue weighted by atomic mass is 10.2. The number of benzene rings is 1. The smallest absolute Gasteiger partial charge is 0.307 e. The van der Waals surface area contributed by atoms with Crippen LogP contribution in [0.25, 0.3) is 0 Å². The molecule has 1 aromatic carbocycles. The number of hydrogen-bond donors (Lipinski definition) is 2. The second kappa shape index (κ2) is 6.62. The van der Waals surface area contributed by atoms with E-state index in [9.17, 15) is 4.79 Å². The Balaban J connectivity index is 2.55. The molecule has 1 aromatic rings. The predicted molar refractivity (Wildman–Crippen MR) is 67.1 cm³/mol. The fourth-order valence-electron chi connectivity index (χ4n) is 1.39. The van der Waals surface area contributed by atoms with Crippen LogP contribution >= 0.6 is 0 Å². The van der Waals surface area contributed by atoms with E-state index in [1.807, 2.05) is 13.0 Å². The molecule has 0 amide bonds. The van der Waals surface area contributed by atoms with Crippen LogP contribution in [0.5, 0.6) is 5.75 Å². The normalized spacial score (nSPS) is 9.76. The maximum absolute atomic E-state index is 10.9. The summed E-state index contributed by atoms with van der Waals surface area (Å²) in [6.45, 7) is 3.00. The maximum Gasteiger partial charge on any atom is 0.307 e. The lowest BCUT2D eigenvalue weighted by molar-refractivity contribution is -0.140. The van der Waals surface area contributed by atoms with Gasteiger partial charge in [-0.3, -0.25) is 4.79 Å². The van der Waals surface area contributed by atoms with E-state index in [0.29, 0.717) is 31.0 Å². The minimum absolute atomic E-state index is 0.244. The molecule has 0 saturated heterocycles. The van der Waals surface area contributed by atoms with Gasteiger partial charge in [0.1, 0.15) is 5.75 Å². The molecule has 0 atom stereocenters. The number of methoxy groups -OCH3 is 1. The Labute approximate surface area is 101 Å². The van der Waals surface area contributed by atoms with Crippen molar-refractivity contribution in [3.05, 3.63) is 18.2 Å². The summed E-state index contributed by atoms with van der Waals surface area (Å²) in [5, 5.41) is 3.09. The third-order valence-corrected chi connectivity index (χ3v) is 2.13. The van der Waals surface area contributed by atoms with E-state index in [2.05, 4.69) is 10.1 Å². The molecule has 0 radical (unpaired) electrons. The van der Waals surface area contributed by atoms with Crippen LogP contribution in [0.2, 0.25) is 0 Å². The fraction of sp³-hybridized carbons (Fsp3) is 0.417. The van der Waals surface area contributed by atoms with Crippen LogP contribution in [-0.2, 0) is 9.53 Å². The van der Waals surface area contributed by atoms with Gasteiger partial charge in [0.25, 0.3) is 0 Å². The van der Waals surface area contributed by atoms with Gasteiger partial charge >= 0.3 is 5.97 Å². The van der Waals surface area contributed by atoms with Crippen molar-refractivity contribution in [1.29, 1.82) is 0 Å². The quantitative estimate of drug-likeness (QED) is 0.582. The molecule has 0 fully saturated rings. The highest BCUT2D eigenvalue weighted by Gasteiger charge is 2.02. The first-order chi connectivity index (χ1) is 8.15. The minimum Gasteiger partial charge on any atom is -0.494 e. The van der Waals surface area contributed by atoms with Crippen molar-refractivity contribution in [3.8, 4) is 5.75 Å². The molecule has 0 aromatic heterocycles. The number of hydrogen-bond acceptors (Lipinski definition) is 5. The molecule has 0 saturated carbocycles. The van der Waals surface area contributed by atoms with Crippen molar-refractivity contribution in [2.75, 3.05) is 31.3 Å². The van der Waals surface area contributed by atoms with Crippen molar-refractivity contribution < 1.29 is 14.3 Å². The van der Waals surface area contributed by atoms with E-state index in [1.54, 1.807) is 12.1 Å². The lowest BCUT2D eigenvalue weighted by Gasteiger charge is -2.09. The van der Waals surface area contributed by atoms with Gasteiger partial charge in [0.05, 0.1) is 20.1 Å². The van der Waals surface area contributed by atoms with Gasteiger partial charge in [-0.25, -0.2) is 0 Å². The zero-order chi connectivity index (χ0) is 12.7. The number of ether oxygens (including phenoxy) is 2. The van der Waals surface area contributed by atoms with Crippen LogP contribution in [0.15, 0.2) is 18.2 Å². The van der Waals surface area contributed by atoms with Crippen molar-refractivity contribution >= 4 is 17.3 Å². The average Bonchev–Trinajstić information content (AvgIpc) is 2.28. The van der Waals surface area contributed by atoms with Crippen molar-refractivity contribution in [1.82, 2.24) is 0 Å². The number of carbonyl (C=O) groups is 1. The van der Waals surface area contributed by atoms with E-state index in [1.165, 1.54) is 7.11 Å². The van der Waals surface area contributed by atoms with Gasteiger partial charge < -0.3 is 20.5 Å². The van der Waals surface area contributed by atoms with Crippen LogP contribution in [-0.4, -0.2) is 26.2 Å². The summed E-state index contributed by atoms with van der Waals surface area (Å²) >= 11 is 0. The summed E-state index contributed by atoms with van der Waals surface area (Å²) in [6, 6.07) is 5.39. The van der Waals surface area contributed by atoms with Crippen LogP contribution in [0.4, 0.5) is 11.4 Å². The lowest BCUT2D eigenvalue weighted by Crippen LogP contribution is -2.10. The van der Waals surface area contributed by atoms with E-state index in [-0.39, 0.29) is 5.97 Å². The molecule has 3 N–H and O–H groups in total. The molecule has 1 rings (SSSR count). The topological polar surface area (TPSA) is 73.6 Å². The first kappa shape index (κ1) is 13.2. The van der Waals surface area contributed by atoms with Gasteiger partial charge in [-0.1, -0.05) is 0 Å². The summed E-state index contributed by atoms with van der Waals surface area (Å²) in [5.74, 6) is 0.472. The largest absolute Gasteiger partial charge is 0.494 e. The third kappa shape index (κ3) is 4.63. The zero-order valence-electron chi connectivity index (χ0n) is 10.2. The Morgan fingerprint density at radius 1 is 1.41 bits per heavy atom. The SMILES string of the molecule is CCOc1cc(N)cc(NCCC(=O)OC)c1. The zero-order valence-corrected chi connectivity index (χ0v) is 10.2. The second-order valence-electron chi connectivity index (χ2n) is 3.48. The molecule has 0 bridgehead atoms. The number of nitrogens with one attached hydrogen (secondary N) is 1. The van der Waals surface area contributed by atoms with Crippen molar-refractivity contribution in [2.24, 2.45) is 0 Å². The molecule has 0 aliphatic carbocycles.